The Bertz CT molecular complexity index is 831. The van der Waals surface area contributed by atoms with Gasteiger partial charge in [0.25, 0.3) is 0 Å². The fraction of sp³-hybridized carbons (Fsp3) is 0.222. The van der Waals surface area contributed by atoms with Crippen molar-refractivity contribution in [3.05, 3.63) is 59.2 Å². The summed E-state index contributed by atoms with van der Waals surface area (Å²) in [5.74, 6) is -0.421. The van der Waals surface area contributed by atoms with E-state index in [0.717, 1.165) is 5.56 Å². The van der Waals surface area contributed by atoms with Gasteiger partial charge in [0.15, 0.2) is 0 Å². The lowest BCUT2D eigenvalue weighted by atomic mass is 10.0. The normalized spacial score (nSPS) is 21.6. The number of carbonyl (C=O) groups excluding carboxylic acids is 1. The van der Waals surface area contributed by atoms with E-state index in [2.05, 4.69) is 41.6 Å². The van der Waals surface area contributed by atoms with Crippen LogP contribution in [0.15, 0.2) is 57.4 Å². The zero-order valence-electron chi connectivity index (χ0n) is 12.8. The summed E-state index contributed by atoms with van der Waals surface area (Å²) in [6.45, 7) is 3.17. The lowest BCUT2D eigenvalue weighted by molar-refractivity contribution is -0.140. The summed E-state index contributed by atoms with van der Waals surface area (Å²) in [7, 11) is 0. The molecule has 2 aromatic carbocycles. The Labute approximate surface area is 138 Å². The summed E-state index contributed by atoms with van der Waals surface area (Å²) >= 11 is 1.77. The highest BCUT2D eigenvalue weighted by molar-refractivity contribution is 7.99. The van der Waals surface area contributed by atoms with Crippen molar-refractivity contribution in [2.45, 2.75) is 35.8 Å². The van der Waals surface area contributed by atoms with Crippen LogP contribution in [0.25, 0.3) is 0 Å². The molecule has 2 unspecified atom stereocenters. The Kier molecular flexibility index (Phi) is 3.47. The minimum absolute atomic E-state index is 0.0997. The van der Waals surface area contributed by atoms with Crippen molar-refractivity contribution in [3.8, 4) is 0 Å². The molecule has 4 nitrogen and oxygen atoms in total. The molecule has 0 bridgehead atoms. The first-order chi connectivity index (χ1) is 11.1. The van der Waals surface area contributed by atoms with Crippen molar-refractivity contribution in [1.29, 1.82) is 0 Å². The fourth-order valence-corrected chi connectivity index (χ4v) is 3.90. The topological polar surface area (TPSA) is 51.2 Å². The molecule has 0 radical (unpaired) electrons. The summed E-state index contributed by atoms with van der Waals surface area (Å²) in [5.41, 5.74) is 4.04. The van der Waals surface area contributed by atoms with Crippen LogP contribution in [-0.4, -0.2) is 11.7 Å². The van der Waals surface area contributed by atoms with Gasteiger partial charge in [0.2, 0.25) is 0 Å². The van der Waals surface area contributed by atoms with Crippen LogP contribution < -0.4 is 0 Å². The number of carbonyl (C=O) groups is 1. The molecule has 0 spiro atoms. The Balaban J connectivity index is 1.71. The van der Waals surface area contributed by atoms with Gasteiger partial charge < -0.3 is 9.57 Å². The summed E-state index contributed by atoms with van der Waals surface area (Å²) < 4.78 is 5.91. The molecule has 0 aliphatic carbocycles. The number of fused-ring (bicyclic) bond motifs is 5. The monoisotopic (exact) mass is 325 g/mol. The molecule has 2 aromatic rings. The van der Waals surface area contributed by atoms with Crippen molar-refractivity contribution in [3.63, 3.8) is 0 Å². The molecule has 0 amide bonds. The number of nitrogens with zero attached hydrogens (tertiary/aromatic N) is 1. The molecule has 0 aromatic heterocycles. The summed E-state index contributed by atoms with van der Waals surface area (Å²) in [6, 6.07) is 14.5. The Morgan fingerprint density at radius 3 is 2.65 bits per heavy atom. The molecule has 0 N–H and O–H groups in total. The third-order valence-electron chi connectivity index (χ3n) is 3.98. The maximum absolute atomic E-state index is 10.9. The number of hydrogen-bond acceptors (Lipinski definition) is 5. The van der Waals surface area contributed by atoms with Gasteiger partial charge in [-0.2, -0.15) is 0 Å². The molecular formula is C18H15NO3S. The van der Waals surface area contributed by atoms with E-state index >= 15 is 0 Å². The van der Waals surface area contributed by atoms with Gasteiger partial charge in [0, 0.05) is 16.7 Å². The highest BCUT2D eigenvalue weighted by Crippen LogP contribution is 2.58. The third-order valence-corrected chi connectivity index (χ3v) is 5.17. The summed E-state index contributed by atoms with van der Waals surface area (Å²) in [6.07, 6.45) is 0.239. The van der Waals surface area contributed by atoms with Gasteiger partial charge in [-0.15, -0.1) is 0 Å². The molecule has 1 fully saturated rings. The number of rotatable bonds is 2. The van der Waals surface area contributed by atoms with Crippen molar-refractivity contribution in [1.82, 2.24) is 0 Å². The van der Waals surface area contributed by atoms with Gasteiger partial charge in [0.05, 0.1) is 5.71 Å². The summed E-state index contributed by atoms with van der Waals surface area (Å²) in [5, 5.41) is 3.86. The number of epoxide rings is 1. The molecule has 116 valence electrons. The molecule has 4 rings (SSSR count). The number of ether oxygens (including phenoxy) is 1. The van der Waals surface area contributed by atoms with E-state index in [-0.39, 0.29) is 12.2 Å². The quantitative estimate of drug-likeness (QED) is 0.358. The van der Waals surface area contributed by atoms with Gasteiger partial charge in [-0.3, -0.25) is 0 Å². The van der Waals surface area contributed by atoms with Crippen LogP contribution in [-0.2, 0) is 14.4 Å². The maximum atomic E-state index is 10.9. The lowest BCUT2D eigenvalue weighted by Gasteiger charge is -2.09. The third kappa shape index (κ3) is 2.66. The van der Waals surface area contributed by atoms with E-state index in [0.29, 0.717) is 5.71 Å². The van der Waals surface area contributed by atoms with E-state index in [1.54, 1.807) is 11.8 Å². The first-order valence-electron chi connectivity index (χ1n) is 7.42. The van der Waals surface area contributed by atoms with Crippen LogP contribution in [0.1, 0.15) is 42.7 Å². The molecule has 2 aliphatic heterocycles. The Morgan fingerprint density at radius 2 is 1.83 bits per heavy atom. The van der Waals surface area contributed by atoms with E-state index < -0.39 is 5.97 Å². The van der Waals surface area contributed by atoms with Crippen LogP contribution in [0.3, 0.4) is 0 Å². The zero-order valence-corrected chi connectivity index (χ0v) is 13.6. The van der Waals surface area contributed by atoms with E-state index in [4.69, 9.17) is 9.57 Å². The average molecular weight is 325 g/mol. The van der Waals surface area contributed by atoms with Gasteiger partial charge in [0.1, 0.15) is 12.2 Å². The zero-order chi connectivity index (χ0) is 16.0. The van der Waals surface area contributed by atoms with Crippen LogP contribution >= 0.6 is 11.8 Å². The minimum Gasteiger partial charge on any atom is -0.359 e. The first kappa shape index (κ1) is 14.5. The second kappa shape index (κ2) is 5.51. The fourth-order valence-electron chi connectivity index (χ4n) is 2.79. The van der Waals surface area contributed by atoms with Crippen LogP contribution in [0, 0.1) is 0 Å². The molecular weight excluding hydrogens is 310 g/mol. The molecule has 23 heavy (non-hydrogen) atoms. The Hall–Kier alpha value is -2.11. The molecule has 2 atom stereocenters. The highest BCUT2D eigenvalue weighted by Gasteiger charge is 2.45. The van der Waals surface area contributed by atoms with E-state index in [1.807, 2.05) is 13.0 Å². The largest absolute Gasteiger partial charge is 0.359 e. The molecule has 2 heterocycles. The van der Waals surface area contributed by atoms with Gasteiger partial charge in [-0.25, -0.2) is 4.79 Å². The van der Waals surface area contributed by atoms with Crippen molar-refractivity contribution in [2.75, 3.05) is 0 Å². The number of benzene rings is 2. The highest BCUT2D eigenvalue weighted by atomic mass is 32.2. The van der Waals surface area contributed by atoms with E-state index in [1.165, 1.54) is 27.8 Å². The standard InChI is InChI=1S/C18H15NO3S/c1-10(19-22-11(2)20)12-7-8-16-14(9-12)18-17(21-18)13-5-3-4-6-15(13)23-16/h3-9,17-18H,1-2H3/b19-10+. The van der Waals surface area contributed by atoms with Crippen molar-refractivity contribution < 1.29 is 14.4 Å². The smallest absolute Gasteiger partial charge is 0.331 e. The second-order valence-electron chi connectivity index (χ2n) is 5.63. The minimum atomic E-state index is -0.421. The molecule has 2 aliphatic rings. The van der Waals surface area contributed by atoms with Crippen LogP contribution in [0.5, 0.6) is 0 Å². The molecule has 1 saturated heterocycles. The van der Waals surface area contributed by atoms with Crippen molar-refractivity contribution >= 4 is 23.4 Å². The van der Waals surface area contributed by atoms with Crippen LogP contribution in [0.4, 0.5) is 0 Å². The second-order valence-corrected chi connectivity index (χ2v) is 6.71. The maximum Gasteiger partial charge on any atom is 0.331 e. The number of oxime groups is 1. The van der Waals surface area contributed by atoms with Crippen LogP contribution in [0.2, 0.25) is 0 Å². The molecule has 5 heteroatoms. The lowest BCUT2D eigenvalue weighted by Crippen LogP contribution is -2.00. The van der Waals surface area contributed by atoms with E-state index in [9.17, 15) is 4.79 Å². The first-order valence-corrected chi connectivity index (χ1v) is 8.24. The average Bonchev–Trinajstić information content (AvgIpc) is 3.33. The van der Waals surface area contributed by atoms with Crippen molar-refractivity contribution in [2.24, 2.45) is 5.16 Å². The summed E-state index contributed by atoms with van der Waals surface area (Å²) in [4.78, 5) is 18.1. The van der Waals surface area contributed by atoms with Gasteiger partial charge in [-0.1, -0.05) is 41.2 Å². The predicted octanol–water partition coefficient (Wildman–Crippen LogP) is 4.25. The molecule has 0 saturated carbocycles. The SMILES string of the molecule is CC(=O)O/N=C(\C)c1ccc2c(c1)C1OC1c1ccccc1S2. The Morgan fingerprint density at radius 1 is 1.09 bits per heavy atom. The number of hydrogen-bond donors (Lipinski definition) is 0. The van der Waals surface area contributed by atoms with Gasteiger partial charge >= 0.3 is 5.97 Å². The van der Waals surface area contributed by atoms with Gasteiger partial charge in [-0.05, 0) is 41.8 Å². The predicted molar refractivity (Wildman–Crippen MR) is 87.6 cm³/mol.